The Morgan fingerprint density at radius 1 is 1.09 bits per heavy atom. The molecule has 0 aromatic heterocycles. The Labute approximate surface area is 76.0 Å². The van der Waals surface area contributed by atoms with Crippen LogP contribution in [-0.2, 0) is 18.0 Å². The van der Waals surface area contributed by atoms with Crippen molar-refractivity contribution >= 4 is 23.8 Å². The smallest absolute Gasteiger partial charge is 0.825 e. The topological polar surface area (TPSA) is 122 Å². The van der Waals surface area contributed by atoms with Crippen LogP contribution in [0.15, 0.2) is 0 Å². The standard InChI is InChI=1S/BO7P2.Li/c2-1(7-9(3)4)8-10(5)6;/q-1;+1. The van der Waals surface area contributed by atoms with Gasteiger partial charge in [0.2, 0.25) is 0 Å². The summed E-state index contributed by atoms with van der Waals surface area (Å²) in [5.74, 6) is 0. The summed E-state index contributed by atoms with van der Waals surface area (Å²) >= 11 is 0. The van der Waals surface area contributed by atoms with Gasteiger partial charge in [-0.15, -0.1) is 0 Å². The van der Waals surface area contributed by atoms with Crippen LogP contribution in [-0.4, -0.2) is 7.32 Å². The molecule has 0 aromatic rings. The molecule has 0 aliphatic carbocycles. The average molecular weight is 192 g/mol. The Kier molecular flexibility index (Phi) is 9.45. The van der Waals surface area contributed by atoms with Gasteiger partial charge in [0, 0.05) is 0 Å². The van der Waals surface area contributed by atoms with Crippen LogP contribution in [0.3, 0.4) is 0 Å². The summed E-state index contributed by atoms with van der Waals surface area (Å²) in [6, 6.07) is 0. The van der Waals surface area contributed by atoms with Crippen LogP contribution in [0, 0.1) is 0 Å². The first-order valence-corrected chi connectivity index (χ1v) is 3.99. The Bertz CT molecular complexity index is 131. The van der Waals surface area contributed by atoms with E-state index in [1.165, 1.54) is 0 Å². The molecule has 2 unspecified atom stereocenters. The fourth-order valence-corrected chi connectivity index (χ4v) is 0.595. The predicted molar refractivity (Wildman–Crippen MR) is 23.1 cm³/mol. The second-order valence-electron chi connectivity index (χ2n) is 0.947. The fourth-order valence-electron chi connectivity index (χ4n) is 0.160. The van der Waals surface area contributed by atoms with E-state index < -0.39 is 23.8 Å². The Morgan fingerprint density at radius 3 is 1.55 bits per heavy atom. The molecule has 0 aliphatic rings. The van der Waals surface area contributed by atoms with Gasteiger partial charge in [0.15, 0.2) is 0 Å². The van der Waals surface area contributed by atoms with Gasteiger partial charge in [0.1, 0.15) is 0 Å². The van der Waals surface area contributed by atoms with Crippen LogP contribution in [0.2, 0.25) is 0 Å². The quantitative estimate of drug-likeness (QED) is 0.321. The Hall–Kier alpha value is 0.662. The van der Waals surface area contributed by atoms with Crippen LogP contribution in [0.1, 0.15) is 0 Å². The third-order valence-electron chi connectivity index (χ3n) is 0.344. The van der Waals surface area contributed by atoms with Crippen LogP contribution < -0.4 is 33.7 Å². The molecule has 0 N–H and O–H groups in total. The van der Waals surface area contributed by atoms with Crippen molar-refractivity contribution < 1.29 is 51.7 Å². The molecule has 11 heteroatoms. The first kappa shape index (κ1) is 14.2. The zero-order valence-electron chi connectivity index (χ0n) is 5.33. The van der Waals surface area contributed by atoms with Gasteiger partial charge in [-0.1, -0.05) is 0 Å². The third kappa shape index (κ3) is 10.7. The van der Waals surface area contributed by atoms with Gasteiger partial charge in [-0.2, -0.15) is 8.88 Å². The summed E-state index contributed by atoms with van der Waals surface area (Å²) in [4.78, 5) is 19.1. The second kappa shape index (κ2) is 7.32. The van der Waals surface area contributed by atoms with E-state index in [-0.39, 0.29) is 18.9 Å². The van der Waals surface area contributed by atoms with E-state index in [1.54, 1.807) is 0 Å². The molecule has 56 valence electrons. The monoisotopic (exact) mass is 192 g/mol. The molecule has 0 fully saturated rings. The molecule has 0 saturated carbocycles. The van der Waals surface area contributed by atoms with Crippen molar-refractivity contribution in [2.24, 2.45) is 0 Å². The summed E-state index contributed by atoms with van der Waals surface area (Å²) in [5, 5.41) is 9.94. The Morgan fingerprint density at radius 2 is 1.36 bits per heavy atom. The van der Waals surface area contributed by atoms with Crippen molar-refractivity contribution in [1.82, 2.24) is 0 Å². The van der Waals surface area contributed by atoms with Crippen LogP contribution in [0.25, 0.3) is 0 Å². The number of hydrogen-bond donors (Lipinski definition) is 0. The van der Waals surface area contributed by atoms with Gasteiger partial charge in [-0.05, 0) is 9.13 Å². The molecule has 0 aromatic carbocycles. The number of hydrogen-bond acceptors (Lipinski definition) is 7. The van der Waals surface area contributed by atoms with E-state index in [2.05, 4.69) is 8.88 Å². The van der Waals surface area contributed by atoms with E-state index >= 15 is 0 Å². The summed E-state index contributed by atoms with van der Waals surface area (Å²) < 4.78 is 25.8. The largest absolute Gasteiger partial charge is 1.00 e. The van der Waals surface area contributed by atoms with Crippen molar-refractivity contribution in [2.45, 2.75) is 0 Å². The van der Waals surface area contributed by atoms with E-state index in [1.807, 2.05) is 0 Å². The van der Waals surface area contributed by atoms with Gasteiger partial charge in [-0.3, -0.25) is 0 Å². The van der Waals surface area contributed by atoms with Crippen molar-refractivity contribution in [1.29, 1.82) is 0 Å². The Balaban J connectivity index is 0. The molecular weight excluding hydrogens is 192 g/mol. The minimum atomic E-state index is -3.38. The molecule has 0 heterocycles. The van der Waals surface area contributed by atoms with Crippen LogP contribution in [0.5, 0.6) is 0 Å². The van der Waals surface area contributed by atoms with Crippen molar-refractivity contribution in [2.75, 3.05) is 0 Å². The fraction of sp³-hybridized carbons (Fsp3) is 0. The van der Waals surface area contributed by atoms with E-state index in [9.17, 15) is 23.9 Å². The van der Waals surface area contributed by atoms with Gasteiger partial charge in [0.05, 0.1) is 0 Å². The molecular formula is BLiO7P2. The molecule has 11 heavy (non-hydrogen) atoms. The number of rotatable bonds is 4. The van der Waals surface area contributed by atoms with Crippen molar-refractivity contribution in [3.8, 4) is 0 Å². The minimum Gasteiger partial charge on any atom is -0.825 e. The van der Waals surface area contributed by atoms with Crippen LogP contribution >= 0.6 is 16.5 Å². The molecule has 0 spiro atoms. The minimum absolute atomic E-state index is 0. The van der Waals surface area contributed by atoms with Crippen LogP contribution in [0.4, 0.5) is 0 Å². The van der Waals surface area contributed by atoms with E-state index in [0.717, 1.165) is 0 Å². The summed E-state index contributed by atoms with van der Waals surface area (Å²) in [6.45, 7) is 0. The third-order valence-corrected chi connectivity index (χ3v) is 1.03. The summed E-state index contributed by atoms with van der Waals surface area (Å²) in [6.07, 6.45) is 0. The predicted octanol–water partition coefficient (Wildman–Crippen LogP) is -5.60. The normalized spacial score (nSPS) is 11.5. The second-order valence-corrected chi connectivity index (χ2v) is 2.26. The maximum absolute atomic E-state index is 9.94. The molecule has 7 nitrogen and oxygen atoms in total. The maximum atomic E-state index is 9.94. The molecule has 0 aliphatic heterocycles. The summed E-state index contributed by atoms with van der Waals surface area (Å²) in [7, 11) is -9.28. The molecule has 2 atom stereocenters. The van der Waals surface area contributed by atoms with Gasteiger partial charge in [0.25, 0.3) is 0 Å². The molecule has 0 amide bonds. The summed E-state index contributed by atoms with van der Waals surface area (Å²) in [5.41, 5.74) is 0. The van der Waals surface area contributed by atoms with Gasteiger partial charge >= 0.3 is 42.7 Å². The van der Waals surface area contributed by atoms with E-state index in [0.29, 0.717) is 0 Å². The molecule has 0 rings (SSSR count). The SMILES string of the molecule is O=[P+]([O-])OB([O-])O[P+](=O)[O-].[Li+]. The van der Waals surface area contributed by atoms with Crippen molar-refractivity contribution in [3.05, 3.63) is 0 Å². The first-order valence-electron chi connectivity index (χ1n) is 1.80. The first-order chi connectivity index (χ1) is 4.52. The van der Waals surface area contributed by atoms with E-state index in [4.69, 9.17) is 0 Å². The van der Waals surface area contributed by atoms with Gasteiger partial charge in [-0.25, -0.2) is 0 Å². The average Bonchev–Trinajstić information content (AvgIpc) is 1.58. The van der Waals surface area contributed by atoms with Crippen molar-refractivity contribution in [3.63, 3.8) is 0 Å². The maximum Gasteiger partial charge on any atom is 1.00 e. The molecule has 0 saturated heterocycles. The zero-order chi connectivity index (χ0) is 8.15. The van der Waals surface area contributed by atoms with Gasteiger partial charge < -0.3 is 14.8 Å². The molecule has 0 bridgehead atoms. The zero-order valence-corrected chi connectivity index (χ0v) is 7.12. The molecule has 0 radical (unpaired) electrons.